The van der Waals surface area contributed by atoms with Gasteiger partial charge >= 0.3 is 0 Å². The van der Waals surface area contributed by atoms with E-state index in [9.17, 15) is 4.79 Å². The summed E-state index contributed by atoms with van der Waals surface area (Å²) in [6.45, 7) is 1.83. The zero-order valence-corrected chi connectivity index (χ0v) is 15.1. The third kappa shape index (κ3) is 3.60. The van der Waals surface area contributed by atoms with Crippen LogP contribution < -0.4 is 5.32 Å². The molecule has 1 amide bonds. The molecule has 1 aromatic carbocycles. The van der Waals surface area contributed by atoms with Crippen LogP contribution in [0.15, 0.2) is 40.9 Å². The van der Waals surface area contributed by atoms with Gasteiger partial charge in [0.1, 0.15) is 0 Å². The molecule has 3 aromatic rings. The van der Waals surface area contributed by atoms with Crippen LogP contribution in [-0.2, 0) is 0 Å². The molecule has 0 spiro atoms. The number of carbonyl (C=O) groups is 1. The molecule has 0 saturated heterocycles. The summed E-state index contributed by atoms with van der Waals surface area (Å²) in [5, 5.41) is 14.6. The maximum Gasteiger partial charge on any atom is 0.261 e. The van der Waals surface area contributed by atoms with Crippen LogP contribution in [0.5, 0.6) is 0 Å². The fourth-order valence-electron chi connectivity index (χ4n) is 2.00. The molecular weight excluding hydrogens is 402 g/mol. The molecule has 1 atom stereocenters. The minimum Gasteiger partial charge on any atom is -0.342 e. The molecule has 23 heavy (non-hydrogen) atoms. The third-order valence-electron chi connectivity index (χ3n) is 3.10. The summed E-state index contributed by atoms with van der Waals surface area (Å²) in [4.78, 5) is 12.8. The number of amides is 1. The summed E-state index contributed by atoms with van der Waals surface area (Å²) in [6.07, 6.45) is 0. The molecule has 0 radical (unpaired) electrons. The lowest BCUT2D eigenvalue weighted by Gasteiger charge is -2.13. The number of aromatic nitrogens is 4. The van der Waals surface area contributed by atoms with Crippen LogP contribution in [0.2, 0.25) is 4.34 Å². The summed E-state index contributed by atoms with van der Waals surface area (Å²) in [5.74, 6) is 0.336. The van der Waals surface area contributed by atoms with Crippen LogP contribution in [0.1, 0.15) is 28.5 Å². The summed E-state index contributed by atoms with van der Waals surface area (Å²) >= 11 is 10.5. The van der Waals surface area contributed by atoms with Crippen molar-refractivity contribution < 1.29 is 4.79 Å². The van der Waals surface area contributed by atoms with Crippen LogP contribution in [0.25, 0.3) is 5.69 Å². The molecule has 0 bridgehead atoms. The second-order valence-corrected chi connectivity index (χ2v) is 7.35. The van der Waals surface area contributed by atoms with Gasteiger partial charge in [0, 0.05) is 4.47 Å². The van der Waals surface area contributed by atoms with Crippen molar-refractivity contribution in [3.8, 4) is 5.69 Å². The molecule has 0 aliphatic carbocycles. The van der Waals surface area contributed by atoms with Crippen LogP contribution in [0.4, 0.5) is 0 Å². The summed E-state index contributed by atoms with van der Waals surface area (Å²) in [6, 6.07) is 10.6. The predicted molar refractivity (Wildman–Crippen MR) is 92.1 cm³/mol. The van der Waals surface area contributed by atoms with Crippen molar-refractivity contribution in [2.75, 3.05) is 0 Å². The first-order valence-electron chi connectivity index (χ1n) is 6.65. The van der Waals surface area contributed by atoms with Gasteiger partial charge in [-0.3, -0.25) is 4.79 Å². The van der Waals surface area contributed by atoms with Crippen LogP contribution in [0.3, 0.4) is 0 Å². The lowest BCUT2D eigenvalue weighted by Crippen LogP contribution is -2.28. The number of hydrogen-bond acceptors (Lipinski definition) is 5. The van der Waals surface area contributed by atoms with Crippen molar-refractivity contribution in [3.63, 3.8) is 0 Å². The van der Waals surface area contributed by atoms with Gasteiger partial charge in [0.15, 0.2) is 5.82 Å². The zero-order chi connectivity index (χ0) is 16.4. The predicted octanol–water partition coefficient (Wildman–Crippen LogP) is 3.63. The first-order valence-corrected chi connectivity index (χ1v) is 8.64. The van der Waals surface area contributed by atoms with E-state index in [2.05, 4.69) is 36.8 Å². The molecule has 0 aliphatic rings. The highest BCUT2D eigenvalue weighted by molar-refractivity contribution is 9.10. The van der Waals surface area contributed by atoms with E-state index in [0.29, 0.717) is 15.0 Å². The van der Waals surface area contributed by atoms with Gasteiger partial charge in [-0.1, -0.05) is 27.5 Å². The van der Waals surface area contributed by atoms with Gasteiger partial charge < -0.3 is 5.32 Å². The number of nitrogens with zero attached hydrogens (tertiary/aromatic N) is 4. The standard InChI is InChI=1S/C14H11BrClN5OS/c1-8(17-14(22)11-6-7-12(16)23-11)13-18-19-20-21(13)10-4-2-9(15)3-5-10/h2-8H,1H3,(H,17,22). The lowest BCUT2D eigenvalue weighted by atomic mass is 10.2. The number of hydrogen-bond donors (Lipinski definition) is 1. The quantitative estimate of drug-likeness (QED) is 0.710. The molecule has 3 rings (SSSR count). The summed E-state index contributed by atoms with van der Waals surface area (Å²) < 4.78 is 3.13. The monoisotopic (exact) mass is 411 g/mol. The van der Waals surface area contributed by atoms with Crippen molar-refractivity contribution in [2.24, 2.45) is 0 Å². The normalized spacial score (nSPS) is 12.1. The van der Waals surface area contributed by atoms with E-state index < -0.39 is 0 Å². The number of nitrogens with one attached hydrogen (secondary N) is 1. The lowest BCUT2D eigenvalue weighted by molar-refractivity contribution is 0.0942. The Hall–Kier alpha value is -1.77. The Morgan fingerprint density at radius 3 is 2.70 bits per heavy atom. The van der Waals surface area contributed by atoms with E-state index in [0.717, 1.165) is 10.2 Å². The average Bonchev–Trinajstić information content (AvgIpc) is 3.17. The Bertz CT molecular complexity index is 832. The van der Waals surface area contributed by atoms with Gasteiger partial charge in [-0.25, -0.2) is 0 Å². The molecular formula is C14H11BrClN5OS. The highest BCUT2D eigenvalue weighted by Gasteiger charge is 2.19. The number of benzene rings is 1. The van der Waals surface area contributed by atoms with Gasteiger partial charge in [-0.2, -0.15) is 4.68 Å². The Labute approximate surface area is 149 Å². The Morgan fingerprint density at radius 1 is 1.30 bits per heavy atom. The van der Waals surface area contributed by atoms with Crippen LogP contribution >= 0.6 is 38.9 Å². The number of carbonyl (C=O) groups excluding carboxylic acids is 1. The fraction of sp³-hybridized carbons (Fsp3) is 0.143. The van der Waals surface area contributed by atoms with Gasteiger partial charge in [0.05, 0.1) is 20.9 Å². The number of thiophene rings is 1. The zero-order valence-electron chi connectivity index (χ0n) is 11.9. The molecule has 9 heteroatoms. The van der Waals surface area contributed by atoms with E-state index >= 15 is 0 Å². The topological polar surface area (TPSA) is 72.7 Å². The van der Waals surface area contributed by atoms with E-state index in [1.807, 2.05) is 31.2 Å². The van der Waals surface area contributed by atoms with Gasteiger partial charge in [0.25, 0.3) is 5.91 Å². The van der Waals surface area contributed by atoms with E-state index in [-0.39, 0.29) is 11.9 Å². The van der Waals surface area contributed by atoms with E-state index in [1.54, 1.807) is 16.8 Å². The van der Waals surface area contributed by atoms with Crippen molar-refractivity contribution in [1.82, 2.24) is 25.5 Å². The first kappa shape index (κ1) is 16.1. The minimum absolute atomic E-state index is 0.209. The van der Waals surface area contributed by atoms with Crippen molar-refractivity contribution in [1.29, 1.82) is 0 Å². The summed E-state index contributed by atoms with van der Waals surface area (Å²) in [7, 11) is 0. The molecule has 0 fully saturated rings. The average molecular weight is 413 g/mol. The maximum atomic E-state index is 12.2. The fourth-order valence-corrected chi connectivity index (χ4v) is 3.21. The first-order chi connectivity index (χ1) is 11.0. The molecule has 2 aromatic heterocycles. The third-order valence-corrected chi connectivity index (χ3v) is 4.86. The highest BCUT2D eigenvalue weighted by atomic mass is 79.9. The smallest absolute Gasteiger partial charge is 0.261 e. The van der Waals surface area contributed by atoms with Crippen LogP contribution in [0, 0.1) is 0 Å². The Kier molecular flexibility index (Phi) is 4.74. The molecule has 2 heterocycles. The molecule has 1 unspecified atom stereocenters. The van der Waals surface area contributed by atoms with Crippen molar-refractivity contribution in [2.45, 2.75) is 13.0 Å². The molecule has 1 N–H and O–H groups in total. The van der Waals surface area contributed by atoms with E-state index in [4.69, 9.17) is 11.6 Å². The van der Waals surface area contributed by atoms with Gasteiger partial charge in [-0.05, 0) is 53.7 Å². The van der Waals surface area contributed by atoms with Crippen molar-refractivity contribution >= 4 is 44.8 Å². The SMILES string of the molecule is CC(NC(=O)c1ccc(Cl)s1)c1nnnn1-c1ccc(Br)cc1. The molecule has 6 nitrogen and oxygen atoms in total. The Balaban J connectivity index is 1.81. The van der Waals surface area contributed by atoms with Gasteiger partial charge in [0.2, 0.25) is 0 Å². The largest absolute Gasteiger partial charge is 0.342 e. The van der Waals surface area contributed by atoms with E-state index in [1.165, 1.54) is 11.3 Å². The summed E-state index contributed by atoms with van der Waals surface area (Å²) in [5.41, 5.74) is 0.813. The van der Waals surface area contributed by atoms with Crippen molar-refractivity contribution in [3.05, 3.63) is 55.9 Å². The number of tetrazole rings is 1. The minimum atomic E-state index is -0.359. The van der Waals surface area contributed by atoms with Gasteiger partial charge in [-0.15, -0.1) is 16.4 Å². The second-order valence-electron chi connectivity index (χ2n) is 4.72. The van der Waals surface area contributed by atoms with Crippen LogP contribution in [-0.4, -0.2) is 26.1 Å². The molecule has 118 valence electrons. The number of halogens is 2. The number of rotatable bonds is 4. The Morgan fingerprint density at radius 2 is 2.04 bits per heavy atom. The highest BCUT2D eigenvalue weighted by Crippen LogP contribution is 2.22. The molecule has 0 saturated carbocycles. The second kappa shape index (κ2) is 6.77. The maximum absolute atomic E-state index is 12.2. The molecule has 0 aliphatic heterocycles.